The molecule has 3 aromatic carbocycles. The van der Waals surface area contributed by atoms with Gasteiger partial charge in [-0.3, -0.25) is 0 Å². The lowest BCUT2D eigenvalue weighted by Gasteiger charge is -2.39. The summed E-state index contributed by atoms with van der Waals surface area (Å²) in [5.41, 5.74) is 5.57. The maximum Gasteiger partial charge on any atom is 0.340 e. The normalized spacial score (nSPS) is 18.0. The monoisotopic (exact) mass is 488 g/mol. The van der Waals surface area contributed by atoms with Crippen LogP contribution in [0, 0.1) is 13.8 Å². The predicted octanol–water partition coefficient (Wildman–Crippen LogP) is 5.27. The molecule has 36 heavy (non-hydrogen) atoms. The Morgan fingerprint density at radius 1 is 1.00 bits per heavy atom. The van der Waals surface area contributed by atoms with Crippen molar-refractivity contribution in [1.82, 2.24) is 5.01 Å². The molecule has 5 rings (SSSR count). The van der Waals surface area contributed by atoms with E-state index >= 15 is 0 Å². The van der Waals surface area contributed by atoms with E-state index in [2.05, 4.69) is 32.0 Å². The third kappa shape index (κ3) is 3.69. The number of carboxylic acid groups (broad SMARTS) is 1. The number of ether oxygens (including phenoxy) is 4. The molecule has 0 unspecified atom stereocenters. The van der Waals surface area contributed by atoms with Crippen LogP contribution in [0.3, 0.4) is 0 Å². The number of rotatable bonds is 6. The lowest BCUT2D eigenvalue weighted by Crippen LogP contribution is -2.35. The molecular formula is C28H28N2O6. The molecule has 2 atom stereocenters. The highest BCUT2D eigenvalue weighted by Crippen LogP contribution is 2.52. The second-order valence-corrected chi connectivity index (χ2v) is 8.88. The van der Waals surface area contributed by atoms with Gasteiger partial charge in [0.05, 0.1) is 33.1 Å². The van der Waals surface area contributed by atoms with Crippen molar-refractivity contribution in [3.63, 3.8) is 0 Å². The van der Waals surface area contributed by atoms with Gasteiger partial charge >= 0.3 is 5.97 Å². The molecule has 3 aromatic rings. The Bertz CT molecular complexity index is 1380. The van der Waals surface area contributed by atoms with E-state index < -0.39 is 12.2 Å². The Kier molecular flexibility index (Phi) is 5.96. The van der Waals surface area contributed by atoms with Gasteiger partial charge in [-0.25, -0.2) is 9.80 Å². The summed E-state index contributed by atoms with van der Waals surface area (Å²) in [5, 5.41) is 17.1. The lowest BCUT2D eigenvalue weighted by atomic mass is 9.93. The predicted molar refractivity (Wildman–Crippen MR) is 135 cm³/mol. The van der Waals surface area contributed by atoms with Crippen molar-refractivity contribution in [1.29, 1.82) is 0 Å². The Balaban J connectivity index is 1.72. The molecule has 0 radical (unpaired) electrons. The van der Waals surface area contributed by atoms with Crippen molar-refractivity contribution < 1.29 is 28.8 Å². The highest BCUT2D eigenvalue weighted by Gasteiger charge is 2.44. The summed E-state index contributed by atoms with van der Waals surface area (Å²) in [4.78, 5) is 12.5. The first-order valence-corrected chi connectivity index (χ1v) is 11.6. The van der Waals surface area contributed by atoms with Crippen molar-refractivity contribution in [2.24, 2.45) is 5.10 Å². The van der Waals surface area contributed by atoms with Crippen molar-refractivity contribution in [2.75, 3.05) is 21.3 Å². The number of nitrogens with zero attached hydrogens (tertiary/aromatic N) is 2. The largest absolute Gasteiger partial charge is 0.493 e. The molecule has 8 heteroatoms. The number of carboxylic acids is 1. The van der Waals surface area contributed by atoms with Gasteiger partial charge < -0.3 is 24.1 Å². The van der Waals surface area contributed by atoms with Crippen LogP contribution in [0.15, 0.2) is 53.6 Å². The van der Waals surface area contributed by atoms with Crippen LogP contribution in [0.1, 0.15) is 56.9 Å². The van der Waals surface area contributed by atoms with Gasteiger partial charge in [0.15, 0.2) is 23.0 Å². The Labute approximate surface area is 209 Å². The lowest BCUT2D eigenvalue weighted by molar-refractivity contribution is -0.0217. The smallest absolute Gasteiger partial charge is 0.340 e. The van der Waals surface area contributed by atoms with Crippen molar-refractivity contribution in [3.8, 4) is 23.0 Å². The molecule has 0 saturated heterocycles. The molecule has 0 bridgehead atoms. The topological polar surface area (TPSA) is 89.8 Å². The summed E-state index contributed by atoms with van der Waals surface area (Å²) >= 11 is 0. The number of carbonyl (C=O) groups is 1. The summed E-state index contributed by atoms with van der Waals surface area (Å²) in [5.74, 6) is 0.463. The van der Waals surface area contributed by atoms with Crippen molar-refractivity contribution in [3.05, 3.63) is 81.9 Å². The van der Waals surface area contributed by atoms with E-state index in [0.29, 0.717) is 29.2 Å². The zero-order valence-corrected chi connectivity index (χ0v) is 20.9. The summed E-state index contributed by atoms with van der Waals surface area (Å²) in [6.45, 7) is 4.12. The number of methoxy groups -OCH3 is 3. The molecule has 0 aromatic heterocycles. The Hall–Kier alpha value is -4.20. The van der Waals surface area contributed by atoms with Crippen LogP contribution in [0.25, 0.3) is 0 Å². The highest BCUT2D eigenvalue weighted by atomic mass is 16.5. The second kappa shape index (κ2) is 9.11. The average molecular weight is 489 g/mol. The molecule has 186 valence electrons. The molecule has 0 aliphatic carbocycles. The second-order valence-electron chi connectivity index (χ2n) is 8.88. The third-order valence-electron chi connectivity index (χ3n) is 6.76. The molecule has 0 spiro atoms. The number of aryl methyl sites for hydroxylation is 2. The molecule has 1 N–H and O–H groups in total. The first-order valence-electron chi connectivity index (χ1n) is 11.6. The average Bonchev–Trinajstić information content (AvgIpc) is 3.33. The number of hydrogen-bond acceptors (Lipinski definition) is 7. The van der Waals surface area contributed by atoms with E-state index in [1.54, 1.807) is 19.2 Å². The van der Waals surface area contributed by atoms with E-state index in [9.17, 15) is 9.90 Å². The van der Waals surface area contributed by atoms with Gasteiger partial charge in [0.1, 0.15) is 5.56 Å². The third-order valence-corrected chi connectivity index (χ3v) is 6.76. The molecule has 8 nitrogen and oxygen atoms in total. The van der Waals surface area contributed by atoms with Crippen LogP contribution >= 0.6 is 0 Å². The van der Waals surface area contributed by atoms with Crippen molar-refractivity contribution >= 4 is 11.7 Å². The zero-order chi connectivity index (χ0) is 25.6. The fourth-order valence-electron chi connectivity index (χ4n) is 5.03. The first kappa shape index (κ1) is 23.5. The summed E-state index contributed by atoms with van der Waals surface area (Å²) in [6, 6.07) is 15.3. The van der Waals surface area contributed by atoms with Gasteiger partial charge in [-0.2, -0.15) is 5.10 Å². The fraction of sp³-hybridized carbons (Fsp3) is 0.286. The summed E-state index contributed by atoms with van der Waals surface area (Å²) in [6.07, 6.45) is -0.188. The number of hydrazone groups is 1. The Morgan fingerprint density at radius 2 is 1.78 bits per heavy atom. The zero-order valence-electron chi connectivity index (χ0n) is 20.9. The number of fused-ring (bicyclic) bond motifs is 3. The SMILES string of the molecule is COc1cccc2c1O[C@@H](c1ccc(OC)c(OC)c1C(=O)O)N1N=C(c3cc(C)ccc3C)C[C@@H]21. The Morgan fingerprint density at radius 3 is 2.47 bits per heavy atom. The number of para-hydroxylation sites is 1. The maximum atomic E-state index is 12.5. The molecule has 2 heterocycles. The van der Waals surface area contributed by atoms with Gasteiger partial charge in [-0.15, -0.1) is 0 Å². The van der Waals surface area contributed by atoms with Crippen LogP contribution in [0.5, 0.6) is 23.0 Å². The minimum Gasteiger partial charge on any atom is -0.493 e. The van der Waals surface area contributed by atoms with E-state index in [4.69, 9.17) is 24.0 Å². The van der Waals surface area contributed by atoms with Gasteiger partial charge in [-0.1, -0.05) is 29.8 Å². The van der Waals surface area contributed by atoms with Crippen molar-refractivity contribution in [2.45, 2.75) is 32.5 Å². The van der Waals surface area contributed by atoms with E-state index in [1.807, 2.05) is 23.2 Å². The van der Waals surface area contributed by atoms with Crippen LogP contribution < -0.4 is 18.9 Å². The first-order chi connectivity index (χ1) is 17.4. The minimum absolute atomic E-state index is 0.0330. The number of hydrogen-bond donors (Lipinski definition) is 1. The van der Waals surface area contributed by atoms with Gasteiger partial charge in [-0.05, 0) is 43.7 Å². The number of benzene rings is 3. The highest BCUT2D eigenvalue weighted by molar-refractivity contribution is 6.03. The number of aromatic carboxylic acids is 1. The molecule has 2 aliphatic heterocycles. The van der Waals surface area contributed by atoms with Crippen LogP contribution in [-0.4, -0.2) is 43.1 Å². The molecule has 0 fully saturated rings. The van der Waals surface area contributed by atoms with Gasteiger partial charge in [0.25, 0.3) is 0 Å². The van der Waals surface area contributed by atoms with E-state index in [0.717, 1.165) is 28.0 Å². The van der Waals surface area contributed by atoms with Crippen LogP contribution in [0.2, 0.25) is 0 Å². The quantitative estimate of drug-likeness (QED) is 0.506. The summed E-state index contributed by atoms with van der Waals surface area (Å²) in [7, 11) is 4.48. The van der Waals surface area contributed by atoms with E-state index in [1.165, 1.54) is 14.2 Å². The van der Waals surface area contributed by atoms with Gasteiger partial charge in [0, 0.05) is 23.1 Å². The standard InChI is InChI=1S/C28H28N2O6/c1-15-9-10-16(2)19(13-15)20-14-21-17-7-6-8-22(33-3)25(17)36-27(30(21)29-20)18-11-12-23(34-4)26(35-5)24(18)28(31)32/h6-13,21,27H,14H2,1-5H3,(H,31,32)/t21-,27-/m0/s1. The van der Waals surface area contributed by atoms with Crippen LogP contribution in [-0.2, 0) is 0 Å². The summed E-state index contributed by atoms with van der Waals surface area (Å²) < 4.78 is 22.9. The molecule has 2 aliphatic rings. The molecular weight excluding hydrogens is 460 g/mol. The van der Waals surface area contributed by atoms with Crippen LogP contribution in [0.4, 0.5) is 0 Å². The van der Waals surface area contributed by atoms with Gasteiger partial charge in [0.2, 0.25) is 6.23 Å². The molecule has 0 saturated carbocycles. The maximum absolute atomic E-state index is 12.5. The minimum atomic E-state index is -1.15. The fourth-order valence-corrected chi connectivity index (χ4v) is 5.03. The molecule has 0 amide bonds. The van der Waals surface area contributed by atoms with E-state index in [-0.39, 0.29) is 17.4 Å².